The number of aromatic nitrogens is 4. The van der Waals surface area contributed by atoms with Crippen LogP contribution < -0.4 is 21.1 Å². The van der Waals surface area contributed by atoms with Crippen LogP contribution in [0.3, 0.4) is 0 Å². The maximum atomic E-state index is 12.4. The highest BCUT2D eigenvalue weighted by molar-refractivity contribution is 9.10. The van der Waals surface area contributed by atoms with E-state index in [-0.39, 0.29) is 17.3 Å². The summed E-state index contributed by atoms with van der Waals surface area (Å²) in [5, 5.41) is 16.9. The Morgan fingerprint density at radius 2 is 1.74 bits per heavy atom. The van der Waals surface area contributed by atoms with E-state index in [4.69, 9.17) is 0 Å². The standard InChI is InChI=1S/C17H10Br2N6O2/c18-9-4-6-12(7-5-9)25(17-21-23-24-22-17)14-13(15(26)16(14)27)20-11-3-1-2-10(19)8-11/h1-8,20H,(H,21,22,23,24). The lowest BCUT2D eigenvalue weighted by Gasteiger charge is -2.24. The van der Waals surface area contributed by atoms with Crippen LogP contribution in [0.5, 0.6) is 0 Å². The highest BCUT2D eigenvalue weighted by Gasteiger charge is 2.30. The van der Waals surface area contributed by atoms with Crippen molar-refractivity contribution in [2.24, 2.45) is 0 Å². The first-order chi connectivity index (χ1) is 13.0. The third kappa shape index (κ3) is 3.28. The molecule has 0 saturated heterocycles. The van der Waals surface area contributed by atoms with E-state index in [0.29, 0.717) is 11.4 Å². The van der Waals surface area contributed by atoms with Crippen molar-refractivity contribution < 1.29 is 0 Å². The SMILES string of the molecule is O=c1c(Nc2cccc(Br)c2)c(N(c2ccc(Br)cc2)c2nn[nH]n2)c1=O. The molecule has 0 aliphatic heterocycles. The summed E-state index contributed by atoms with van der Waals surface area (Å²) in [6, 6.07) is 14.5. The van der Waals surface area contributed by atoms with Gasteiger partial charge in [-0.2, -0.15) is 5.21 Å². The van der Waals surface area contributed by atoms with Gasteiger partial charge in [0.2, 0.25) is 0 Å². The zero-order valence-corrected chi connectivity index (χ0v) is 16.7. The first-order valence-corrected chi connectivity index (χ1v) is 9.28. The van der Waals surface area contributed by atoms with Crippen molar-refractivity contribution in [2.75, 3.05) is 10.2 Å². The lowest BCUT2D eigenvalue weighted by atomic mass is 10.1. The molecule has 0 spiro atoms. The second kappa shape index (κ2) is 7.05. The first-order valence-electron chi connectivity index (χ1n) is 7.69. The van der Waals surface area contributed by atoms with Crippen LogP contribution in [0.15, 0.2) is 67.1 Å². The molecule has 0 aliphatic carbocycles. The summed E-state index contributed by atoms with van der Waals surface area (Å²) >= 11 is 6.76. The van der Waals surface area contributed by atoms with Gasteiger partial charge < -0.3 is 5.32 Å². The molecule has 0 aliphatic rings. The lowest BCUT2D eigenvalue weighted by molar-refractivity contribution is 0.881. The van der Waals surface area contributed by atoms with Crippen LogP contribution in [-0.4, -0.2) is 20.6 Å². The van der Waals surface area contributed by atoms with Gasteiger partial charge in [0.25, 0.3) is 16.8 Å². The number of tetrazole rings is 1. The molecule has 0 atom stereocenters. The average Bonchev–Trinajstić information content (AvgIpc) is 3.19. The minimum absolute atomic E-state index is 0.154. The van der Waals surface area contributed by atoms with Crippen LogP contribution in [0, 0.1) is 0 Å². The maximum absolute atomic E-state index is 12.4. The topological polar surface area (TPSA) is 104 Å². The summed E-state index contributed by atoms with van der Waals surface area (Å²) in [5.74, 6) is 0.154. The summed E-state index contributed by atoms with van der Waals surface area (Å²) in [6.45, 7) is 0. The van der Waals surface area contributed by atoms with Crippen LogP contribution in [0.1, 0.15) is 0 Å². The molecular weight excluding hydrogens is 480 g/mol. The number of nitrogens with one attached hydrogen (secondary N) is 2. The Bertz CT molecular complexity index is 1170. The number of rotatable bonds is 5. The fourth-order valence-electron chi connectivity index (χ4n) is 2.61. The number of halogens is 2. The number of aromatic amines is 1. The predicted octanol–water partition coefficient (Wildman–Crippen LogP) is 3.53. The smallest absolute Gasteiger partial charge is 0.274 e. The van der Waals surface area contributed by atoms with E-state index in [1.54, 1.807) is 24.3 Å². The summed E-state index contributed by atoms with van der Waals surface area (Å²) in [4.78, 5) is 26.1. The normalized spacial score (nSPS) is 10.9. The number of benzene rings is 2. The monoisotopic (exact) mass is 488 g/mol. The Hall–Kier alpha value is -2.85. The van der Waals surface area contributed by atoms with E-state index < -0.39 is 10.9 Å². The lowest BCUT2D eigenvalue weighted by Crippen LogP contribution is -2.39. The Balaban J connectivity index is 1.82. The Morgan fingerprint density at radius 3 is 2.41 bits per heavy atom. The molecule has 4 rings (SSSR count). The number of nitrogens with zero attached hydrogens (tertiary/aromatic N) is 4. The van der Waals surface area contributed by atoms with E-state index in [0.717, 1.165) is 8.95 Å². The summed E-state index contributed by atoms with van der Waals surface area (Å²) in [6.07, 6.45) is 0. The third-order valence-corrected chi connectivity index (χ3v) is 4.84. The summed E-state index contributed by atoms with van der Waals surface area (Å²) < 4.78 is 1.72. The van der Waals surface area contributed by atoms with Gasteiger partial charge in [-0.25, -0.2) is 0 Å². The Labute approximate surface area is 169 Å². The number of hydrogen-bond acceptors (Lipinski definition) is 7. The van der Waals surface area contributed by atoms with Crippen molar-refractivity contribution in [1.82, 2.24) is 20.6 Å². The van der Waals surface area contributed by atoms with Crippen molar-refractivity contribution >= 4 is 60.6 Å². The largest absolute Gasteiger partial charge is 0.350 e. The molecule has 0 fully saturated rings. The van der Waals surface area contributed by atoms with Gasteiger partial charge in [0, 0.05) is 20.3 Å². The molecule has 0 unspecified atom stereocenters. The molecule has 134 valence electrons. The fourth-order valence-corrected chi connectivity index (χ4v) is 3.27. The minimum Gasteiger partial charge on any atom is -0.350 e. The quantitative estimate of drug-likeness (QED) is 0.413. The van der Waals surface area contributed by atoms with Crippen molar-refractivity contribution in [3.05, 3.63) is 77.9 Å². The molecule has 8 nitrogen and oxygen atoms in total. The van der Waals surface area contributed by atoms with Crippen molar-refractivity contribution in [3.8, 4) is 0 Å². The zero-order chi connectivity index (χ0) is 19.0. The van der Waals surface area contributed by atoms with Gasteiger partial charge in [-0.05, 0) is 47.7 Å². The summed E-state index contributed by atoms with van der Waals surface area (Å²) in [7, 11) is 0. The van der Waals surface area contributed by atoms with E-state index in [9.17, 15) is 9.59 Å². The van der Waals surface area contributed by atoms with E-state index in [1.807, 2.05) is 24.3 Å². The minimum atomic E-state index is -0.625. The van der Waals surface area contributed by atoms with Crippen molar-refractivity contribution in [1.29, 1.82) is 0 Å². The highest BCUT2D eigenvalue weighted by Crippen LogP contribution is 2.35. The molecule has 0 radical (unpaired) electrons. The number of H-pyrrole nitrogens is 1. The van der Waals surface area contributed by atoms with Gasteiger partial charge in [0.05, 0.1) is 0 Å². The van der Waals surface area contributed by atoms with E-state index in [2.05, 4.69) is 57.8 Å². The van der Waals surface area contributed by atoms with E-state index >= 15 is 0 Å². The molecular formula is C17H10Br2N6O2. The average molecular weight is 490 g/mol. The highest BCUT2D eigenvalue weighted by atomic mass is 79.9. The zero-order valence-electron chi connectivity index (χ0n) is 13.5. The van der Waals surface area contributed by atoms with Gasteiger partial charge in [-0.15, -0.1) is 5.10 Å². The van der Waals surface area contributed by atoms with Crippen molar-refractivity contribution in [3.63, 3.8) is 0 Å². The molecule has 3 aromatic carbocycles. The van der Waals surface area contributed by atoms with Crippen LogP contribution >= 0.6 is 31.9 Å². The molecule has 0 saturated carbocycles. The first kappa shape index (κ1) is 17.6. The molecule has 27 heavy (non-hydrogen) atoms. The van der Waals surface area contributed by atoms with E-state index in [1.165, 1.54) is 4.90 Å². The van der Waals surface area contributed by atoms with Crippen LogP contribution in [0.4, 0.5) is 28.7 Å². The van der Waals surface area contributed by atoms with Gasteiger partial charge in [-0.3, -0.25) is 14.5 Å². The molecule has 0 bridgehead atoms. The predicted molar refractivity (Wildman–Crippen MR) is 109 cm³/mol. The molecule has 10 heteroatoms. The van der Waals surface area contributed by atoms with Crippen LogP contribution in [0.2, 0.25) is 0 Å². The molecule has 0 amide bonds. The Morgan fingerprint density at radius 1 is 0.963 bits per heavy atom. The van der Waals surface area contributed by atoms with Crippen molar-refractivity contribution in [2.45, 2.75) is 0 Å². The third-order valence-electron chi connectivity index (χ3n) is 3.82. The maximum Gasteiger partial charge on any atom is 0.274 e. The summed E-state index contributed by atoms with van der Waals surface area (Å²) in [5.41, 5.74) is 0.385. The number of anilines is 5. The van der Waals surface area contributed by atoms with Gasteiger partial charge in [-0.1, -0.05) is 43.0 Å². The molecule has 1 aromatic heterocycles. The molecule has 1 heterocycles. The van der Waals surface area contributed by atoms with Crippen LogP contribution in [-0.2, 0) is 0 Å². The fraction of sp³-hybridized carbons (Fsp3) is 0. The second-order valence-corrected chi connectivity index (χ2v) is 7.37. The Kier molecular flexibility index (Phi) is 4.58. The molecule has 4 aromatic rings. The van der Waals surface area contributed by atoms with Gasteiger partial charge in [0.1, 0.15) is 11.4 Å². The molecule has 2 N–H and O–H groups in total. The second-order valence-electron chi connectivity index (χ2n) is 5.54. The van der Waals surface area contributed by atoms with Crippen LogP contribution in [0.25, 0.3) is 0 Å². The number of hydrogen-bond donors (Lipinski definition) is 2. The van der Waals surface area contributed by atoms with Gasteiger partial charge >= 0.3 is 0 Å². The van der Waals surface area contributed by atoms with Gasteiger partial charge in [0.15, 0.2) is 0 Å².